The molecule has 2 N–H and O–H groups in total. The second-order valence-electron chi connectivity index (χ2n) is 4.24. The molecule has 0 fully saturated rings. The van der Waals surface area contributed by atoms with E-state index in [4.69, 9.17) is 0 Å². The molecule has 1 aromatic carbocycles. The van der Waals surface area contributed by atoms with Crippen molar-refractivity contribution in [2.45, 2.75) is 18.4 Å². The van der Waals surface area contributed by atoms with E-state index in [1.54, 1.807) is 0 Å². The van der Waals surface area contributed by atoms with Gasteiger partial charge in [-0.3, -0.25) is 10.1 Å². The van der Waals surface area contributed by atoms with Crippen molar-refractivity contribution in [2.24, 2.45) is 0 Å². The van der Waals surface area contributed by atoms with Gasteiger partial charge in [-0.1, -0.05) is 0 Å². The van der Waals surface area contributed by atoms with E-state index in [9.17, 15) is 23.6 Å². The number of nitrogens with one attached hydrogen (secondary N) is 1. The molecule has 0 bridgehead atoms. The minimum absolute atomic E-state index is 0.107. The molecule has 0 saturated heterocycles. The first kappa shape index (κ1) is 15.4. The Morgan fingerprint density at radius 2 is 2.05 bits per heavy atom. The fraction of sp³-hybridized carbons (Fsp3) is 0.167. The molecule has 0 spiro atoms. The van der Waals surface area contributed by atoms with E-state index < -0.39 is 26.4 Å². The molecule has 7 nitrogen and oxygen atoms in total. The summed E-state index contributed by atoms with van der Waals surface area (Å²) in [6.45, 7) is 2.02. The lowest BCUT2D eigenvalue weighted by Crippen LogP contribution is -2.22. The van der Waals surface area contributed by atoms with Crippen LogP contribution in [-0.2, 0) is 16.6 Å². The summed E-state index contributed by atoms with van der Waals surface area (Å²) >= 11 is 1.46. The van der Waals surface area contributed by atoms with E-state index in [2.05, 4.69) is 4.72 Å². The number of aromatic hydroxyl groups is 1. The third-order valence-corrected chi connectivity index (χ3v) is 5.09. The Morgan fingerprint density at radius 3 is 2.62 bits per heavy atom. The van der Waals surface area contributed by atoms with Gasteiger partial charge < -0.3 is 5.11 Å². The maximum Gasteiger partial charge on any atom is 0.312 e. The van der Waals surface area contributed by atoms with Crippen molar-refractivity contribution in [3.8, 4) is 5.75 Å². The fourth-order valence-corrected chi connectivity index (χ4v) is 3.59. The second-order valence-corrected chi connectivity index (χ2v) is 7.38. The van der Waals surface area contributed by atoms with E-state index in [0.717, 1.165) is 28.0 Å². The summed E-state index contributed by atoms with van der Waals surface area (Å²) in [6.07, 6.45) is 0. The predicted molar refractivity (Wildman–Crippen MR) is 77.8 cm³/mol. The highest BCUT2D eigenvalue weighted by atomic mass is 32.2. The third kappa shape index (κ3) is 3.57. The molecule has 9 heteroatoms. The number of sulfonamides is 1. The van der Waals surface area contributed by atoms with Gasteiger partial charge in [0.15, 0.2) is 5.75 Å². The van der Waals surface area contributed by atoms with Gasteiger partial charge in [-0.2, -0.15) is 0 Å². The Labute approximate surface area is 125 Å². The Bertz CT molecular complexity index is 783. The predicted octanol–water partition coefficient (Wildman–Crippen LogP) is 2.15. The highest BCUT2D eigenvalue weighted by molar-refractivity contribution is 7.89. The van der Waals surface area contributed by atoms with Crippen LogP contribution in [0.4, 0.5) is 5.69 Å². The number of nitro groups is 1. The lowest BCUT2D eigenvalue weighted by molar-refractivity contribution is -0.386. The average Bonchev–Trinajstić information content (AvgIpc) is 2.82. The maximum atomic E-state index is 12.1. The number of phenolic OH excluding ortho intramolecular Hbond substituents is 1. The highest BCUT2D eigenvalue weighted by Crippen LogP contribution is 2.28. The van der Waals surface area contributed by atoms with Crippen molar-refractivity contribution in [1.29, 1.82) is 0 Å². The number of phenols is 1. The zero-order valence-corrected chi connectivity index (χ0v) is 12.6. The van der Waals surface area contributed by atoms with E-state index in [1.807, 2.05) is 19.1 Å². The van der Waals surface area contributed by atoms with E-state index in [-0.39, 0.29) is 11.4 Å². The summed E-state index contributed by atoms with van der Waals surface area (Å²) in [4.78, 5) is 11.5. The molecule has 1 aromatic heterocycles. The molecule has 0 saturated carbocycles. The molecule has 21 heavy (non-hydrogen) atoms. The molecule has 0 atom stereocenters. The number of rotatable bonds is 5. The summed E-state index contributed by atoms with van der Waals surface area (Å²) in [5, 5.41) is 20.0. The number of thiophene rings is 1. The largest absolute Gasteiger partial charge is 0.502 e. The van der Waals surface area contributed by atoms with Gasteiger partial charge in [-0.15, -0.1) is 11.3 Å². The number of aryl methyl sites for hydroxylation is 1. The van der Waals surface area contributed by atoms with Gasteiger partial charge in [-0.05, 0) is 31.2 Å². The van der Waals surface area contributed by atoms with Crippen LogP contribution in [0.15, 0.2) is 35.2 Å². The van der Waals surface area contributed by atoms with Gasteiger partial charge >= 0.3 is 5.69 Å². The number of nitro benzene ring substituents is 1. The summed E-state index contributed by atoms with van der Waals surface area (Å²) in [7, 11) is -3.88. The monoisotopic (exact) mass is 328 g/mol. The molecule has 112 valence electrons. The molecule has 0 unspecified atom stereocenters. The van der Waals surface area contributed by atoms with Crippen LogP contribution in [0.5, 0.6) is 5.75 Å². The average molecular weight is 328 g/mol. The van der Waals surface area contributed by atoms with Crippen molar-refractivity contribution in [3.05, 3.63) is 50.2 Å². The second kappa shape index (κ2) is 5.80. The van der Waals surface area contributed by atoms with Crippen LogP contribution < -0.4 is 4.72 Å². The molecule has 1 heterocycles. The summed E-state index contributed by atoms with van der Waals surface area (Å²) in [6, 6.07) is 6.62. The topological polar surface area (TPSA) is 110 Å². The van der Waals surface area contributed by atoms with Crippen LogP contribution in [0.3, 0.4) is 0 Å². The molecule has 0 aliphatic carbocycles. The Morgan fingerprint density at radius 1 is 1.33 bits per heavy atom. The summed E-state index contributed by atoms with van der Waals surface area (Å²) < 4.78 is 26.5. The van der Waals surface area contributed by atoms with Crippen LogP contribution in [0.1, 0.15) is 9.75 Å². The quantitative estimate of drug-likeness (QED) is 0.645. The maximum absolute atomic E-state index is 12.1. The minimum Gasteiger partial charge on any atom is -0.502 e. The lowest BCUT2D eigenvalue weighted by Gasteiger charge is -2.06. The minimum atomic E-state index is -3.88. The van der Waals surface area contributed by atoms with E-state index >= 15 is 0 Å². The molecule has 2 rings (SSSR count). The van der Waals surface area contributed by atoms with Crippen LogP contribution in [0, 0.1) is 17.0 Å². The summed E-state index contributed by atoms with van der Waals surface area (Å²) in [5.74, 6) is -0.576. The first-order valence-corrected chi connectivity index (χ1v) is 8.12. The lowest BCUT2D eigenvalue weighted by atomic mass is 10.3. The third-order valence-electron chi connectivity index (χ3n) is 2.69. The van der Waals surface area contributed by atoms with Crippen LogP contribution >= 0.6 is 11.3 Å². The highest BCUT2D eigenvalue weighted by Gasteiger charge is 2.21. The molecular weight excluding hydrogens is 316 g/mol. The SMILES string of the molecule is Cc1ccc(CNS(=O)(=O)c2ccc(O)c([N+](=O)[O-])c2)s1. The normalized spacial score (nSPS) is 11.5. The van der Waals surface area contributed by atoms with Crippen molar-refractivity contribution in [3.63, 3.8) is 0 Å². The van der Waals surface area contributed by atoms with Gasteiger partial charge in [0.2, 0.25) is 10.0 Å². The number of hydrogen-bond acceptors (Lipinski definition) is 6. The van der Waals surface area contributed by atoms with Gasteiger partial charge in [0.05, 0.1) is 9.82 Å². The number of benzene rings is 1. The van der Waals surface area contributed by atoms with Crippen LogP contribution in [0.25, 0.3) is 0 Å². The standard InChI is InChI=1S/C12H12N2O5S2/c1-8-2-3-9(20-8)7-13-21(18,19)10-4-5-12(15)11(6-10)14(16)17/h2-6,13,15H,7H2,1H3. The smallest absolute Gasteiger partial charge is 0.312 e. The van der Waals surface area contributed by atoms with Gasteiger partial charge in [0.25, 0.3) is 0 Å². The first-order chi connectivity index (χ1) is 9.79. The van der Waals surface area contributed by atoms with Crippen molar-refractivity contribution < 1.29 is 18.4 Å². The van der Waals surface area contributed by atoms with Crippen molar-refractivity contribution in [2.75, 3.05) is 0 Å². The molecule has 0 aliphatic rings. The molecule has 0 aliphatic heterocycles. The number of hydrogen-bond donors (Lipinski definition) is 2. The van der Waals surface area contributed by atoms with Gasteiger partial charge in [-0.25, -0.2) is 13.1 Å². The Hall–Kier alpha value is -1.97. The van der Waals surface area contributed by atoms with E-state index in [0.29, 0.717) is 0 Å². The van der Waals surface area contributed by atoms with Crippen molar-refractivity contribution in [1.82, 2.24) is 4.72 Å². The first-order valence-electron chi connectivity index (χ1n) is 5.82. The molecular formula is C12H12N2O5S2. The van der Waals surface area contributed by atoms with Crippen LogP contribution in [0.2, 0.25) is 0 Å². The molecule has 0 radical (unpaired) electrons. The Balaban J connectivity index is 2.23. The fourth-order valence-electron chi connectivity index (χ4n) is 1.65. The Kier molecular flexibility index (Phi) is 4.26. The molecule has 2 aromatic rings. The van der Waals surface area contributed by atoms with E-state index in [1.165, 1.54) is 11.3 Å². The molecule has 0 amide bonds. The summed E-state index contributed by atoms with van der Waals surface area (Å²) in [5.41, 5.74) is -0.648. The zero-order chi connectivity index (χ0) is 15.6. The zero-order valence-electron chi connectivity index (χ0n) is 10.9. The van der Waals surface area contributed by atoms with Crippen molar-refractivity contribution >= 4 is 27.0 Å². The van der Waals surface area contributed by atoms with Gasteiger partial charge in [0.1, 0.15) is 0 Å². The van der Waals surface area contributed by atoms with Gasteiger partial charge in [0, 0.05) is 22.4 Å². The van der Waals surface area contributed by atoms with Crippen LogP contribution in [-0.4, -0.2) is 18.4 Å². The number of nitrogens with zero attached hydrogens (tertiary/aromatic N) is 1.